The lowest BCUT2D eigenvalue weighted by Crippen LogP contribution is -2.18. The number of hydrogen-bond acceptors (Lipinski definition) is 2. The molecular formula is C19H17FO2. The predicted molar refractivity (Wildman–Crippen MR) is 83.4 cm³/mol. The minimum atomic E-state index is -0.481. The molecule has 3 rings (SSSR count). The van der Waals surface area contributed by atoms with E-state index in [9.17, 15) is 9.18 Å². The van der Waals surface area contributed by atoms with Gasteiger partial charge >= 0.3 is 5.97 Å². The molecule has 2 aromatic rings. The Labute approximate surface area is 129 Å². The summed E-state index contributed by atoms with van der Waals surface area (Å²) in [5.41, 5.74) is 1.91. The number of ether oxygens (including phenoxy) is 1. The van der Waals surface area contributed by atoms with Crippen LogP contribution in [0.2, 0.25) is 0 Å². The van der Waals surface area contributed by atoms with Gasteiger partial charge in [-0.1, -0.05) is 56.3 Å². The van der Waals surface area contributed by atoms with Crippen LogP contribution in [0.4, 0.5) is 4.39 Å². The van der Waals surface area contributed by atoms with Crippen LogP contribution in [0.15, 0.2) is 60.2 Å². The second-order valence-electron chi connectivity index (χ2n) is 6.03. The van der Waals surface area contributed by atoms with Crippen LogP contribution in [0.25, 0.3) is 6.08 Å². The van der Waals surface area contributed by atoms with Crippen molar-refractivity contribution in [2.45, 2.75) is 20.0 Å². The average Bonchev–Trinajstić information content (AvgIpc) is 2.73. The third kappa shape index (κ3) is 2.54. The van der Waals surface area contributed by atoms with E-state index in [4.69, 9.17) is 4.74 Å². The second-order valence-corrected chi connectivity index (χ2v) is 6.03. The van der Waals surface area contributed by atoms with E-state index in [1.165, 1.54) is 12.1 Å². The second kappa shape index (κ2) is 5.41. The van der Waals surface area contributed by atoms with Gasteiger partial charge in [0.2, 0.25) is 0 Å². The van der Waals surface area contributed by atoms with Gasteiger partial charge in [-0.15, -0.1) is 0 Å². The molecule has 22 heavy (non-hydrogen) atoms. The molecule has 0 spiro atoms. The Morgan fingerprint density at radius 2 is 1.68 bits per heavy atom. The number of cyclic esters (lactones) is 1. The van der Waals surface area contributed by atoms with Crippen LogP contribution in [-0.2, 0) is 9.53 Å². The fraction of sp³-hybridized carbons (Fsp3) is 0.211. The quantitative estimate of drug-likeness (QED) is 0.601. The van der Waals surface area contributed by atoms with Gasteiger partial charge in [-0.3, -0.25) is 0 Å². The Kier molecular flexibility index (Phi) is 3.57. The molecule has 0 bridgehead atoms. The van der Waals surface area contributed by atoms with E-state index in [0.717, 1.165) is 11.1 Å². The molecule has 0 radical (unpaired) electrons. The maximum Gasteiger partial charge on any atom is 0.335 e. The minimum absolute atomic E-state index is 0.300. The van der Waals surface area contributed by atoms with Crippen molar-refractivity contribution in [1.29, 1.82) is 0 Å². The van der Waals surface area contributed by atoms with E-state index in [1.807, 2.05) is 50.3 Å². The summed E-state index contributed by atoms with van der Waals surface area (Å²) < 4.78 is 18.6. The zero-order valence-electron chi connectivity index (χ0n) is 12.5. The Bertz CT molecular complexity index is 715. The van der Waals surface area contributed by atoms with Gasteiger partial charge in [-0.25, -0.2) is 9.18 Å². The molecule has 1 fully saturated rings. The molecule has 112 valence electrons. The maximum atomic E-state index is 13.1. The van der Waals surface area contributed by atoms with Crippen LogP contribution < -0.4 is 0 Å². The molecule has 2 aromatic carbocycles. The third-order valence-corrected chi connectivity index (χ3v) is 4.08. The molecule has 1 aliphatic heterocycles. The van der Waals surface area contributed by atoms with Crippen molar-refractivity contribution < 1.29 is 13.9 Å². The fourth-order valence-electron chi connectivity index (χ4n) is 2.81. The Morgan fingerprint density at radius 3 is 2.32 bits per heavy atom. The van der Waals surface area contributed by atoms with Gasteiger partial charge in [0.25, 0.3) is 0 Å². The first-order chi connectivity index (χ1) is 10.5. The van der Waals surface area contributed by atoms with Crippen molar-refractivity contribution in [2.75, 3.05) is 0 Å². The minimum Gasteiger partial charge on any atom is -0.453 e. The summed E-state index contributed by atoms with van der Waals surface area (Å²) in [6.45, 7) is 3.95. The zero-order chi connectivity index (χ0) is 15.7. The summed E-state index contributed by atoms with van der Waals surface area (Å²) in [7, 11) is 0. The van der Waals surface area contributed by atoms with Crippen molar-refractivity contribution in [3.63, 3.8) is 0 Å². The van der Waals surface area contributed by atoms with Crippen molar-refractivity contribution >= 4 is 12.0 Å². The summed E-state index contributed by atoms with van der Waals surface area (Å²) >= 11 is 0. The summed E-state index contributed by atoms with van der Waals surface area (Å²) in [6, 6.07) is 15.8. The first-order valence-corrected chi connectivity index (χ1v) is 7.22. The molecule has 0 saturated carbocycles. The first kappa shape index (κ1) is 14.5. The van der Waals surface area contributed by atoms with Crippen LogP contribution >= 0.6 is 0 Å². The highest BCUT2D eigenvalue weighted by Crippen LogP contribution is 2.49. The number of carbonyl (C=O) groups excluding carboxylic acids is 1. The van der Waals surface area contributed by atoms with Crippen molar-refractivity contribution in [1.82, 2.24) is 0 Å². The Hall–Kier alpha value is -2.42. The van der Waals surface area contributed by atoms with Crippen molar-refractivity contribution in [3.8, 4) is 0 Å². The first-order valence-electron chi connectivity index (χ1n) is 7.22. The van der Waals surface area contributed by atoms with E-state index in [-0.39, 0.29) is 11.8 Å². The van der Waals surface area contributed by atoms with Crippen molar-refractivity contribution in [2.24, 2.45) is 5.41 Å². The Morgan fingerprint density at radius 1 is 1.05 bits per heavy atom. The van der Waals surface area contributed by atoms with E-state index in [2.05, 4.69) is 0 Å². The zero-order valence-corrected chi connectivity index (χ0v) is 12.5. The van der Waals surface area contributed by atoms with Crippen LogP contribution in [0, 0.1) is 11.2 Å². The Balaban J connectivity index is 1.99. The van der Waals surface area contributed by atoms with Crippen LogP contribution in [0.1, 0.15) is 31.1 Å². The molecule has 3 heteroatoms. The molecule has 1 saturated heterocycles. The third-order valence-electron chi connectivity index (χ3n) is 4.08. The fourth-order valence-corrected chi connectivity index (χ4v) is 2.81. The summed E-state index contributed by atoms with van der Waals surface area (Å²) in [4.78, 5) is 12.3. The molecule has 2 nitrogen and oxygen atoms in total. The maximum absolute atomic E-state index is 13.1. The molecule has 0 aromatic heterocycles. The topological polar surface area (TPSA) is 26.3 Å². The van der Waals surface area contributed by atoms with Gasteiger partial charge in [0.15, 0.2) is 0 Å². The monoisotopic (exact) mass is 296 g/mol. The van der Waals surface area contributed by atoms with Gasteiger partial charge in [0.1, 0.15) is 11.9 Å². The van der Waals surface area contributed by atoms with Gasteiger partial charge in [-0.2, -0.15) is 0 Å². The smallest absolute Gasteiger partial charge is 0.335 e. The highest BCUT2D eigenvalue weighted by atomic mass is 19.1. The summed E-state index contributed by atoms with van der Waals surface area (Å²) in [5, 5.41) is 0. The SMILES string of the molecule is CC1(C)/C(=C\c2ccccc2)C(=O)OC1c1ccc(F)cc1. The lowest BCUT2D eigenvalue weighted by Gasteiger charge is -2.25. The van der Waals surface area contributed by atoms with Gasteiger partial charge in [0, 0.05) is 11.0 Å². The van der Waals surface area contributed by atoms with E-state index in [1.54, 1.807) is 12.1 Å². The highest BCUT2D eigenvalue weighted by Gasteiger charge is 2.47. The van der Waals surface area contributed by atoms with E-state index < -0.39 is 11.5 Å². The van der Waals surface area contributed by atoms with E-state index >= 15 is 0 Å². The lowest BCUT2D eigenvalue weighted by molar-refractivity contribution is -0.140. The van der Waals surface area contributed by atoms with Crippen molar-refractivity contribution in [3.05, 3.63) is 77.1 Å². The van der Waals surface area contributed by atoms with E-state index in [0.29, 0.717) is 5.57 Å². The standard InChI is InChI=1S/C19H17FO2/c1-19(2)16(12-13-6-4-3-5-7-13)18(21)22-17(19)14-8-10-15(20)11-9-14/h3-12,17H,1-2H3/b16-12-. The number of carbonyl (C=O) groups is 1. The molecule has 1 heterocycles. The summed E-state index contributed by atoms with van der Waals surface area (Å²) in [6.07, 6.45) is 1.46. The predicted octanol–water partition coefficient (Wildman–Crippen LogP) is 4.53. The lowest BCUT2D eigenvalue weighted by atomic mass is 9.78. The molecular weight excluding hydrogens is 279 g/mol. The van der Waals surface area contributed by atoms with Gasteiger partial charge in [-0.05, 0) is 29.3 Å². The number of rotatable bonds is 2. The van der Waals surface area contributed by atoms with Crippen LogP contribution in [0.5, 0.6) is 0 Å². The van der Waals surface area contributed by atoms with Crippen LogP contribution in [0.3, 0.4) is 0 Å². The molecule has 1 aliphatic rings. The number of benzene rings is 2. The number of halogens is 1. The number of hydrogen-bond donors (Lipinski definition) is 0. The molecule has 0 aliphatic carbocycles. The van der Waals surface area contributed by atoms with Gasteiger partial charge < -0.3 is 4.74 Å². The highest BCUT2D eigenvalue weighted by molar-refractivity contribution is 5.97. The average molecular weight is 296 g/mol. The molecule has 0 N–H and O–H groups in total. The molecule has 1 unspecified atom stereocenters. The molecule has 0 amide bonds. The normalized spacial score (nSPS) is 21.9. The summed E-state index contributed by atoms with van der Waals surface area (Å²) in [5.74, 6) is -0.617. The van der Waals surface area contributed by atoms with Gasteiger partial charge in [0.05, 0.1) is 0 Å². The van der Waals surface area contributed by atoms with Crippen LogP contribution in [-0.4, -0.2) is 5.97 Å². The largest absolute Gasteiger partial charge is 0.453 e. The number of esters is 1. The molecule has 1 atom stereocenters.